The summed E-state index contributed by atoms with van der Waals surface area (Å²) in [5.41, 5.74) is 4.50. The molecule has 7 nitrogen and oxygen atoms in total. The second-order valence-corrected chi connectivity index (χ2v) is 8.44. The quantitative estimate of drug-likeness (QED) is 0.510. The van der Waals surface area contributed by atoms with E-state index in [1.807, 2.05) is 48.2 Å². The Morgan fingerprint density at radius 3 is 2.61 bits per heavy atom. The van der Waals surface area contributed by atoms with E-state index >= 15 is 0 Å². The summed E-state index contributed by atoms with van der Waals surface area (Å²) in [6, 6.07) is 14.2. The van der Waals surface area contributed by atoms with E-state index in [1.165, 1.54) is 4.80 Å². The smallest absolute Gasteiger partial charge is 0.256 e. The number of piperidine rings is 1. The van der Waals surface area contributed by atoms with Crippen LogP contribution < -0.4 is 0 Å². The summed E-state index contributed by atoms with van der Waals surface area (Å²) in [5, 5.41) is 8.49. The van der Waals surface area contributed by atoms with Gasteiger partial charge in [-0.15, -0.1) is 0 Å². The van der Waals surface area contributed by atoms with Gasteiger partial charge in [0, 0.05) is 25.6 Å². The average molecular weight is 415 g/mol. The predicted octanol–water partition coefficient (Wildman–Crippen LogP) is 3.87. The lowest BCUT2D eigenvalue weighted by Crippen LogP contribution is -2.45. The molecule has 7 heteroatoms. The predicted molar refractivity (Wildman–Crippen MR) is 119 cm³/mol. The summed E-state index contributed by atoms with van der Waals surface area (Å²) in [6.45, 7) is 4.78. The van der Waals surface area contributed by atoms with Gasteiger partial charge < -0.3 is 9.47 Å². The molecule has 1 fully saturated rings. The van der Waals surface area contributed by atoms with Crippen molar-refractivity contribution < 1.29 is 4.79 Å². The van der Waals surface area contributed by atoms with Crippen molar-refractivity contribution in [2.75, 3.05) is 6.54 Å². The van der Waals surface area contributed by atoms with Crippen molar-refractivity contribution in [1.82, 2.24) is 29.4 Å². The molecule has 158 valence electrons. The minimum absolute atomic E-state index is 0.0203. The van der Waals surface area contributed by atoms with Gasteiger partial charge in [0.15, 0.2) is 0 Å². The Hall–Kier alpha value is -3.48. The first-order valence-electron chi connectivity index (χ1n) is 10.7. The van der Waals surface area contributed by atoms with Gasteiger partial charge in [0.1, 0.15) is 5.82 Å². The fourth-order valence-electron chi connectivity index (χ4n) is 4.62. The molecule has 1 saturated heterocycles. The van der Waals surface area contributed by atoms with Crippen LogP contribution in [0, 0.1) is 6.92 Å². The summed E-state index contributed by atoms with van der Waals surface area (Å²) in [4.78, 5) is 22.2. The van der Waals surface area contributed by atoms with E-state index < -0.39 is 0 Å². The first-order valence-corrected chi connectivity index (χ1v) is 10.7. The van der Waals surface area contributed by atoms with Gasteiger partial charge in [-0.3, -0.25) is 4.79 Å². The lowest BCUT2D eigenvalue weighted by molar-refractivity contribution is 0.0604. The first-order chi connectivity index (χ1) is 15.0. The molecule has 4 aromatic rings. The SMILES string of the molecule is Cc1ccc(-n2nccn2)c(C(=O)N2C[C@@H](c3nc4ccccc4n3C)CC[C@@H]2C)c1. The summed E-state index contributed by atoms with van der Waals surface area (Å²) >= 11 is 0. The molecule has 0 saturated carbocycles. The van der Waals surface area contributed by atoms with Crippen molar-refractivity contribution in [3.63, 3.8) is 0 Å². The van der Waals surface area contributed by atoms with Gasteiger partial charge in [0.2, 0.25) is 0 Å². The van der Waals surface area contributed by atoms with Gasteiger partial charge in [-0.2, -0.15) is 15.0 Å². The monoisotopic (exact) mass is 414 g/mol. The van der Waals surface area contributed by atoms with Crippen molar-refractivity contribution in [3.05, 3.63) is 71.8 Å². The van der Waals surface area contributed by atoms with Crippen molar-refractivity contribution in [3.8, 4) is 5.69 Å². The maximum absolute atomic E-state index is 13.7. The van der Waals surface area contributed by atoms with Gasteiger partial charge in [0.25, 0.3) is 5.91 Å². The van der Waals surface area contributed by atoms with Crippen LogP contribution in [0.4, 0.5) is 0 Å². The van der Waals surface area contributed by atoms with Crippen LogP contribution in [0.25, 0.3) is 16.7 Å². The zero-order valence-electron chi connectivity index (χ0n) is 18.1. The Morgan fingerprint density at radius 1 is 1.06 bits per heavy atom. The van der Waals surface area contributed by atoms with E-state index in [9.17, 15) is 4.79 Å². The number of rotatable bonds is 3. The molecule has 2 atom stereocenters. The van der Waals surface area contributed by atoms with Crippen molar-refractivity contribution in [2.45, 2.75) is 38.6 Å². The maximum Gasteiger partial charge on any atom is 0.256 e. The maximum atomic E-state index is 13.7. The average Bonchev–Trinajstić information content (AvgIpc) is 3.42. The number of hydrogen-bond donors (Lipinski definition) is 0. The lowest BCUT2D eigenvalue weighted by Gasteiger charge is -2.38. The van der Waals surface area contributed by atoms with E-state index in [2.05, 4.69) is 34.8 Å². The molecule has 0 N–H and O–H groups in total. The number of imidazole rings is 1. The number of aromatic nitrogens is 5. The number of para-hydroxylation sites is 2. The van der Waals surface area contributed by atoms with Gasteiger partial charge in [-0.05, 0) is 51.0 Å². The third-order valence-corrected chi connectivity index (χ3v) is 6.35. The van der Waals surface area contributed by atoms with Crippen LogP contribution >= 0.6 is 0 Å². The normalized spacial score (nSPS) is 19.1. The van der Waals surface area contributed by atoms with Crippen molar-refractivity contribution in [2.24, 2.45) is 7.05 Å². The van der Waals surface area contributed by atoms with E-state index in [0.717, 1.165) is 35.3 Å². The Kier molecular flexibility index (Phi) is 4.81. The number of hydrogen-bond acceptors (Lipinski definition) is 4. The molecule has 0 unspecified atom stereocenters. The summed E-state index contributed by atoms with van der Waals surface area (Å²) in [7, 11) is 2.07. The number of amides is 1. The second kappa shape index (κ2) is 7.65. The summed E-state index contributed by atoms with van der Waals surface area (Å²) < 4.78 is 2.17. The zero-order chi connectivity index (χ0) is 21.5. The van der Waals surface area contributed by atoms with E-state index in [4.69, 9.17) is 4.98 Å². The first kappa shape index (κ1) is 19.5. The van der Waals surface area contributed by atoms with Crippen LogP contribution in [0.5, 0.6) is 0 Å². The second-order valence-electron chi connectivity index (χ2n) is 8.44. The van der Waals surface area contributed by atoms with Crippen LogP contribution in [-0.4, -0.2) is 47.9 Å². The molecule has 1 amide bonds. The Labute approximate surface area is 181 Å². The number of aryl methyl sites for hydroxylation is 2. The standard InChI is InChI=1S/C24H26N6O/c1-16-8-11-21(30-25-12-13-26-30)19(14-16)24(31)29-15-18(10-9-17(29)2)23-27-20-6-4-5-7-22(20)28(23)3/h4-8,11-14,17-18H,9-10,15H2,1-3H3/t17-,18-/m0/s1. The highest BCUT2D eigenvalue weighted by Crippen LogP contribution is 2.32. The van der Waals surface area contributed by atoms with Crippen LogP contribution in [0.2, 0.25) is 0 Å². The van der Waals surface area contributed by atoms with Crippen LogP contribution in [0.15, 0.2) is 54.9 Å². The summed E-state index contributed by atoms with van der Waals surface area (Å²) in [6.07, 6.45) is 5.21. The van der Waals surface area contributed by atoms with E-state index in [1.54, 1.807) is 12.4 Å². The zero-order valence-corrected chi connectivity index (χ0v) is 18.1. The van der Waals surface area contributed by atoms with Crippen LogP contribution in [0.3, 0.4) is 0 Å². The number of benzene rings is 2. The number of fused-ring (bicyclic) bond motifs is 1. The fourth-order valence-corrected chi connectivity index (χ4v) is 4.62. The minimum Gasteiger partial charge on any atom is -0.335 e. The molecule has 0 spiro atoms. The van der Waals surface area contributed by atoms with E-state index in [0.29, 0.717) is 17.8 Å². The van der Waals surface area contributed by atoms with Gasteiger partial charge in [0.05, 0.1) is 34.7 Å². The molecule has 1 aliphatic heterocycles. The van der Waals surface area contributed by atoms with Crippen LogP contribution in [0.1, 0.15) is 47.4 Å². The molecular formula is C24H26N6O. The fraction of sp³-hybridized carbons (Fsp3) is 0.333. The molecule has 0 aliphatic carbocycles. The number of carbonyl (C=O) groups is 1. The number of likely N-dealkylation sites (tertiary alicyclic amines) is 1. The highest BCUT2D eigenvalue weighted by Gasteiger charge is 2.33. The molecule has 5 rings (SSSR count). The highest BCUT2D eigenvalue weighted by molar-refractivity contribution is 5.98. The Bertz CT molecular complexity index is 1240. The molecule has 0 bridgehead atoms. The number of carbonyl (C=O) groups excluding carboxylic acids is 1. The third kappa shape index (κ3) is 3.40. The lowest BCUT2D eigenvalue weighted by atomic mass is 9.91. The molecule has 0 radical (unpaired) electrons. The summed E-state index contributed by atoms with van der Waals surface area (Å²) in [5.74, 6) is 1.27. The van der Waals surface area contributed by atoms with Crippen molar-refractivity contribution in [1.29, 1.82) is 0 Å². The molecule has 2 aromatic heterocycles. The van der Waals surface area contributed by atoms with Crippen molar-refractivity contribution >= 4 is 16.9 Å². The third-order valence-electron chi connectivity index (χ3n) is 6.35. The Morgan fingerprint density at radius 2 is 1.84 bits per heavy atom. The molecule has 31 heavy (non-hydrogen) atoms. The molecule has 1 aliphatic rings. The van der Waals surface area contributed by atoms with Gasteiger partial charge in [-0.1, -0.05) is 23.8 Å². The molecule has 2 aromatic carbocycles. The van der Waals surface area contributed by atoms with Gasteiger partial charge >= 0.3 is 0 Å². The van der Waals surface area contributed by atoms with Crippen LogP contribution in [-0.2, 0) is 7.05 Å². The van der Waals surface area contributed by atoms with E-state index in [-0.39, 0.29) is 17.9 Å². The number of nitrogens with zero attached hydrogens (tertiary/aromatic N) is 6. The molecular weight excluding hydrogens is 388 g/mol. The largest absolute Gasteiger partial charge is 0.335 e. The molecule has 3 heterocycles. The highest BCUT2D eigenvalue weighted by atomic mass is 16.2. The topological polar surface area (TPSA) is 68.8 Å². The minimum atomic E-state index is 0.0203. The van der Waals surface area contributed by atoms with Gasteiger partial charge in [-0.25, -0.2) is 4.98 Å². The Balaban J connectivity index is 1.49.